The molecule has 0 saturated carbocycles. The molecule has 5 nitrogen and oxygen atoms in total. The minimum atomic E-state index is -0.533. The Morgan fingerprint density at radius 1 is 1.29 bits per heavy atom. The summed E-state index contributed by atoms with van der Waals surface area (Å²) in [6, 6.07) is 7.77. The van der Waals surface area contributed by atoms with Crippen LogP contribution in [0, 0.1) is 5.92 Å². The fourth-order valence-corrected chi connectivity index (χ4v) is 1.71. The Balaban J connectivity index is 2.59. The largest absolute Gasteiger partial charge is 0.391 e. The van der Waals surface area contributed by atoms with Crippen molar-refractivity contribution in [2.45, 2.75) is 39.8 Å². The summed E-state index contributed by atoms with van der Waals surface area (Å²) in [5.41, 5.74) is 1.78. The SMILES string of the molecule is CC(C)C(O)CNC(=O)Nc1cccc(N(C)C(C)C)c1. The number of nitrogens with zero attached hydrogens (tertiary/aromatic N) is 1. The summed E-state index contributed by atoms with van der Waals surface area (Å²) in [4.78, 5) is 13.9. The third-order valence-electron chi connectivity index (χ3n) is 3.53. The van der Waals surface area contributed by atoms with Crippen LogP contribution in [-0.4, -0.2) is 36.9 Å². The summed E-state index contributed by atoms with van der Waals surface area (Å²) in [5, 5.41) is 15.1. The van der Waals surface area contributed by atoms with Gasteiger partial charge in [-0.1, -0.05) is 19.9 Å². The van der Waals surface area contributed by atoms with Crippen molar-refractivity contribution < 1.29 is 9.90 Å². The van der Waals surface area contributed by atoms with Gasteiger partial charge in [-0.2, -0.15) is 0 Å². The summed E-state index contributed by atoms with van der Waals surface area (Å²) >= 11 is 0. The second-order valence-corrected chi connectivity index (χ2v) is 5.90. The molecule has 0 aliphatic heterocycles. The predicted molar refractivity (Wildman–Crippen MR) is 87.8 cm³/mol. The van der Waals surface area contributed by atoms with E-state index < -0.39 is 6.10 Å². The van der Waals surface area contributed by atoms with Crippen molar-refractivity contribution in [3.8, 4) is 0 Å². The number of anilines is 2. The van der Waals surface area contributed by atoms with Gasteiger partial charge in [0, 0.05) is 31.0 Å². The Morgan fingerprint density at radius 3 is 2.52 bits per heavy atom. The predicted octanol–water partition coefficient (Wildman–Crippen LogP) is 2.67. The number of urea groups is 1. The molecule has 0 bridgehead atoms. The number of aliphatic hydroxyl groups excluding tert-OH is 1. The highest BCUT2D eigenvalue weighted by molar-refractivity contribution is 5.89. The number of hydrogen-bond acceptors (Lipinski definition) is 3. The molecule has 1 aromatic rings. The molecule has 0 fully saturated rings. The van der Waals surface area contributed by atoms with Crippen LogP contribution in [0.25, 0.3) is 0 Å². The Hall–Kier alpha value is -1.75. The average Bonchev–Trinajstić information content (AvgIpc) is 2.43. The van der Waals surface area contributed by atoms with Crippen molar-refractivity contribution in [3.63, 3.8) is 0 Å². The molecule has 0 spiro atoms. The number of amides is 2. The molecule has 21 heavy (non-hydrogen) atoms. The Labute approximate surface area is 127 Å². The Morgan fingerprint density at radius 2 is 1.95 bits per heavy atom. The maximum atomic E-state index is 11.8. The molecule has 2 amide bonds. The summed E-state index contributed by atoms with van der Waals surface area (Å²) < 4.78 is 0. The lowest BCUT2D eigenvalue weighted by atomic mass is 10.1. The minimum Gasteiger partial charge on any atom is -0.391 e. The van der Waals surface area contributed by atoms with E-state index in [0.29, 0.717) is 6.04 Å². The molecule has 0 saturated heterocycles. The highest BCUT2D eigenvalue weighted by Gasteiger charge is 2.11. The number of carbonyl (C=O) groups is 1. The average molecular weight is 293 g/mol. The third-order valence-corrected chi connectivity index (χ3v) is 3.53. The molecular weight excluding hydrogens is 266 g/mol. The number of rotatable bonds is 6. The first-order valence-corrected chi connectivity index (χ1v) is 7.37. The Kier molecular flexibility index (Phi) is 6.49. The van der Waals surface area contributed by atoms with Gasteiger partial charge < -0.3 is 20.6 Å². The highest BCUT2D eigenvalue weighted by Crippen LogP contribution is 2.19. The van der Waals surface area contributed by atoms with Crippen LogP contribution in [0.1, 0.15) is 27.7 Å². The molecule has 3 N–H and O–H groups in total. The second-order valence-electron chi connectivity index (χ2n) is 5.90. The maximum Gasteiger partial charge on any atom is 0.319 e. The van der Waals surface area contributed by atoms with Crippen LogP contribution in [-0.2, 0) is 0 Å². The van der Waals surface area contributed by atoms with Crippen molar-refractivity contribution >= 4 is 17.4 Å². The van der Waals surface area contributed by atoms with Crippen molar-refractivity contribution in [2.75, 3.05) is 23.8 Å². The van der Waals surface area contributed by atoms with Crippen LogP contribution in [0.4, 0.5) is 16.2 Å². The van der Waals surface area contributed by atoms with Gasteiger partial charge in [0.1, 0.15) is 0 Å². The molecule has 0 radical (unpaired) electrons. The Bertz CT molecular complexity index is 461. The summed E-state index contributed by atoms with van der Waals surface area (Å²) in [6.45, 7) is 8.29. The van der Waals surface area contributed by atoms with Gasteiger partial charge in [0.25, 0.3) is 0 Å². The molecule has 1 unspecified atom stereocenters. The van der Waals surface area contributed by atoms with E-state index in [-0.39, 0.29) is 18.5 Å². The quantitative estimate of drug-likeness (QED) is 0.755. The molecule has 118 valence electrons. The van der Waals surface area contributed by atoms with Crippen molar-refractivity contribution in [2.24, 2.45) is 5.92 Å². The lowest BCUT2D eigenvalue weighted by molar-refractivity contribution is 0.126. The second kappa shape index (κ2) is 7.88. The summed E-state index contributed by atoms with van der Waals surface area (Å²) in [5.74, 6) is 0.119. The molecule has 1 aromatic carbocycles. The standard InChI is InChI=1S/C16H27N3O2/c1-11(2)15(20)10-17-16(21)18-13-7-6-8-14(9-13)19(5)12(3)4/h6-9,11-12,15,20H,10H2,1-5H3,(H2,17,18,21). The van der Waals surface area contributed by atoms with E-state index in [1.807, 2.05) is 45.2 Å². The first-order chi connectivity index (χ1) is 9.81. The normalized spacial score (nSPS) is 12.4. The molecule has 0 aliphatic carbocycles. The molecule has 0 aliphatic rings. The van der Waals surface area contributed by atoms with Crippen molar-refractivity contribution in [3.05, 3.63) is 24.3 Å². The molecule has 0 aromatic heterocycles. The van der Waals surface area contributed by atoms with Crippen LogP contribution in [0.3, 0.4) is 0 Å². The summed E-state index contributed by atoms with van der Waals surface area (Å²) in [7, 11) is 2.02. The number of aliphatic hydroxyl groups is 1. The fourth-order valence-electron chi connectivity index (χ4n) is 1.71. The zero-order chi connectivity index (χ0) is 16.0. The number of hydrogen-bond donors (Lipinski definition) is 3. The first-order valence-electron chi connectivity index (χ1n) is 7.37. The fraction of sp³-hybridized carbons (Fsp3) is 0.562. The van der Waals surface area contributed by atoms with E-state index in [2.05, 4.69) is 29.4 Å². The summed E-state index contributed by atoms with van der Waals surface area (Å²) in [6.07, 6.45) is -0.533. The van der Waals surface area contributed by atoms with Gasteiger partial charge in [0.15, 0.2) is 0 Å². The van der Waals surface area contributed by atoms with Crippen LogP contribution >= 0.6 is 0 Å². The zero-order valence-electron chi connectivity index (χ0n) is 13.6. The lowest BCUT2D eigenvalue weighted by Crippen LogP contribution is -2.37. The van der Waals surface area contributed by atoms with E-state index >= 15 is 0 Å². The van der Waals surface area contributed by atoms with Crippen LogP contribution < -0.4 is 15.5 Å². The van der Waals surface area contributed by atoms with Gasteiger partial charge in [-0.05, 0) is 38.0 Å². The molecule has 1 rings (SSSR count). The van der Waals surface area contributed by atoms with E-state index in [0.717, 1.165) is 11.4 Å². The molecule has 5 heteroatoms. The van der Waals surface area contributed by atoms with Gasteiger partial charge in [0.2, 0.25) is 0 Å². The lowest BCUT2D eigenvalue weighted by Gasteiger charge is -2.24. The van der Waals surface area contributed by atoms with Crippen LogP contribution in [0.5, 0.6) is 0 Å². The van der Waals surface area contributed by atoms with Crippen LogP contribution in [0.2, 0.25) is 0 Å². The van der Waals surface area contributed by atoms with Gasteiger partial charge in [0.05, 0.1) is 6.10 Å². The van der Waals surface area contributed by atoms with Crippen LogP contribution in [0.15, 0.2) is 24.3 Å². The van der Waals surface area contributed by atoms with E-state index in [1.54, 1.807) is 0 Å². The van der Waals surface area contributed by atoms with Gasteiger partial charge in [-0.25, -0.2) is 4.79 Å². The van der Waals surface area contributed by atoms with E-state index in [4.69, 9.17) is 0 Å². The molecule has 1 atom stereocenters. The topological polar surface area (TPSA) is 64.6 Å². The van der Waals surface area contributed by atoms with Crippen molar-refractivity contribution in [1.29, 1.82) is 0 Å². The van der Waals surface area contributed by atoms with Crippen molar-refractivity contribution in [1.82, 2.24) is 5.32 Å². The highest BCUT2D eigenvalue weighted by atomic mass is 16.3. The van der Waals surface area contributed by atoms with E-state index in [9.17, 15) is 9.90 Å². The zero-order valence-corrected chi connectivity index (χ0v) is 13.6. The first kappa shape index (κ1) is 17.3. The van der Waals surface area contributed by atoms with E-state index in [1.165, 1.54) is 0 Å². The number of nitrogens with one attached hydrogen (secondary N) is 2. The maximum absolute atomic E-state index is 11.8. The smallest absolute Gasteiger partial charge is 0.319 e. The third kappa shape index (κ3) is 5.63. The molecule has 0 heterocycles. The van der Waals surface area contributed by atoms with Gasteiger partial charge in [-0.3, -0.25) is 0 Å². The minimum absolute atomic E-state index is 0.119. The molecular formula is C16H27N3O2. The number of benzene rings is 1. The number of carbonyl (C=O) groups excluding carboxylic acids is 1. The van der Waals surface area contributed by atoms with Gasteiger partial charge in [-0.15, -0.1) is 0 Å². The monoisotopic (exact) mass is 293 g/mol. The van der Waals surface area contributed by atoms with Gasteiger partial charge >= 0.3 is 6.03 Å².